The first-order chi connectivity index (χ1) is 26.3. The van der Waals surface area contributed by atoms with Gasteiger partial charge >= 0.3 is 7.12 Å². The van der Waals surface area contributed by atoms with Crippen LogP contribution in [-0.4, -0.2) is 27.1 Å². The summed E-state index contributed by atoms with van der Waals surface area (Å²) in [4.78, 5) is 8.93. The standard InChI is InChI=1S/C24H25NS.C16H16ClNS.C8H11BO2/c1-15-8-16(2)10-18(9-15)23-21-12-20-19(13-24(3,4)5)14-26-22(20)11-17(21)6-7-25-23;1-16(2,3)8-11-9-19-14-6-10-4-5-18-15(17)13(10)7-12(11)14;1-6-3-7(2)5-8(4-6)9(10)11/h6-12,14H,13H2,1-5H3;4-7,9H,8H2,1-3H3;3-5,10-11H,1-2H3. The zero-order valence-corrected chi connectivity index (χ0v) is 36.6. The molecule has 0 saturated carbocycles. The lowest BCUT2D eigenvalue weighted by molar-refractivity contribution is 0.412. The molecule has 0 aliphatic carbocycles. The van der Waals surface area contributed by atoms with Crippen molar-refractivity contribution in [2.75, 3.05) is 0 Å². The van der Waals surface area contributed by atoms with Crippen LogP contribution in [0, 0.1) is 38.5 Å². The van der Waals surface area contributed by atoms with Crippen molar-refractivity contribution in [3.05, 3.63) is 134 Å². The number of hydrogen-bond acceptors (Lipinski definition) is 6. The highest BCUT2D eigenvalue weighted by molar-refractivity contribution is 7.17. The van der Waals surface area contributed by atoms with E-state index in [0.717, 1.165) is 40.4 Å². The number of nitrogens with zero attached hydrogens (tertiary/aromatic N) is 2. The molecule has 0 atom stereocenters. The maximum atomic E-state index is 8.83. The molecule has 4 heterocycles. The van der Waals surface area contributed by atoms with Crippen molar-refractivity contribution in [3.8, 4) is 11.3 Å². The Bertz CT molecular complexity index is 2630. The Morgan fingerprint density at radius 1 is 0.571 bits per heavy atom. The molecule has 0 radical (unpaired) electrons. The van der Waals surface area contributed by atoms with Crippen LogP contribution in [0.2, 0.25) is 5.15 Å². The number of rotatable bonds is 4. The Labute approximate surface area is 345 Å². The van der Waals surface area contributed by atoms with Crippen LogP contribution in [0.5, 0.6) is 0 Å². The largest absolute Gasteiger partial charge is 0.488 e. The summed E-state index contributed by atoms with van der Waals surface area (Å²) >= 11 is 9.87. The van der Waals surface area contributed by atoms with Gasteiger partial charge in [-0.25, -0.2) is 4.98 Å². The van der Waals surface area contributed by atoms with E-state index < -0.39 is 7.12 Å². The third kappa shape index (κ3) is 10.2. The van der Waals surface area contributed by atoms with Gasteiger partial charge in [0.2, 0.25) is 0 Å². The summed E-state index contributed by atoms with van der Waals surface area (Å²) in [5, 5.41) is 30.3. The molecule has 56 heavy (non-hydrogen) atoms. The minimum atomic E-state index is -1.35. The SMILES string of the molecule is CC(C)(C)Cc1csc2cc3ccnc(Cl)c3cc12.Cc1cc(C)cc(-c2nccc3cc4scc(CC(C)(C)C)c4cc23)c1.Cc1cc(C)cc(B(O)O)c1. The predicted molar refractivity (Wildman–Crippen MR) is 246 cm³/mol. The van der Waals surface area contributed by atoms with Crippen LogP contribution in [0.25, 0.3) is 53.0 Å². The normalized spacial score (nSPS) is 11.8. The van der Waals surface area contributed by atoms with Crippen LogP contribution in [0.4, 0.5) is 0 Å². The highest BCUT2D eigenvalue weighted by atomic mass is 35.5. The van der Waals surface area contributed by atoms with Crippen molar-refractivity contribution in [2.45, 2.75) is 82.1 Å². The quantitative estimate of drug-likeness (QED) is 0.137. The minimum absolute atomic E-state index is 0.286. The molecule has 0 unspecified atom stereocenters. The topological polar surface area (TPSA) is 66.2 Å². The first kappa shape index (κ1) is 41.5. The van der Waals surface area contributed by atoms with Crippen molar-refractivity contribution in [1.29, 1.82) is 0 Å². The van der Waals surface area contributed by atoms with Gasteiger partial charge in [-0.15, -0.1) is 22.7 Å². The molecule has 288 valence electrons. The molecule has 2 N–H and O–H groups in total. The first-order valence-electron chi connectivity index (χ1n) is 19.1. The second-order valence-electron chi connectivity index (χ2n) is 17.6. The van der Waals surface area contributed by atoms with Crippen LogP contribution in [0.1, 0.15) is 74.9 Å². The second kappa shape index (κ2) is 16.8. The van der Waals surface area contributed by atoms with Crippen LogP contribution >= 0.6 is 34.3 Å². The first-order valence-corrected chi connectivity index (χ1v) is 21.2. The van der Waals surface area contributed by atoms with Gasteiger partial charge in [-0.1, -0.05) is 99.7 Å². The molecule has 4 nitrogen and oxygen atoms in total. The smallest absolute Gasteiger partial charge is 0.423 e. The van der Waals surface area contributed by atoms with Gasteiger partial charge in [-0.05, 0) is 149 Å². The summed E-state index contributed by atoms with van der Waals surface area (Å²) in [6.45, 7) is 21.9. The zero-order chi connectivity index (χ0) is 40.5. The molecule has 0 spiro atoms. The molecule has 0 saturated heterocycles. The third-order valence-electron chi connectivity index (χ3n) is 9.51. The van der Waals surface area contributed by atoms with E-state index in [0.29, 0.717) is 16.0 Å². The van der Waals surface area contributed by atoms with Gasteiger partial charge in [0.25, 0.3) is 0 Å². The molecule has 0 aliphatic heterocycles. The summed E-state index contributed by atoms with van der Waals surface area (Å²) in [5.41, 5.74) is 11.0. The summed E-state index contributed by atoms with van der Waals surface area (Å²) < 4.78 is 2.70. The molecule has 8 rings (SSSR count). The Kier molecular flexibility index (Phi) is 12.4. The maximum Gasteiger partial charge on any atom is 0.488 e. The van der Waals surface area contributed by atoms with Crippen molar-refractivity contribution in [3.63, 3.8) is 0 Å². The molecule has 0 fully saturated rings. The summed E-state index contributed by atoms with van der Waals surface area (Å²) in [6.07, 6.45) is 5.87. The third-order valence-corrected chi connectivity index (χ3v) is 11.8. The highest BCUT2D eigenvalue weighted by Crippen LogP contribution is 2.38. The van der Waals surface area contributed by atoms with E-state index in [2.05, 4.69) is 120 Å². The molecule has 0 amide bonds. The monoisotopic (exact) mass is 798 g/mol. The van der Waals surface area contributed by atoms with E-state index in [4.69, 9.17) is 26.6 Å². The van der Waals surface area contributed by atoms with Crippen LogP contribution in [0.15, 0.2) is 96.0 Å². The molecule has 0 aliphatic rings. The second-order valence-corrected chi connectivity index (χ2v) is 19.7. The van der Waals surface area contributed by atoms with E-state index in [1.165, 1.54) is 58.8 Å². The van der Waals surface area contributed by atoms with Crippen LogP contribution < -0.4 is 5.46 Å². The molecular formula is C48H52BClN2O2S2. The Hall–Kier alpha value is -4.11. The summed E-state index contributed by atoms with van der Waals surface area (Å²) in [5.74, 6) is 0. The maximum absolute atomic E-state index is 8.83. The van der Waals surface area contributed by atoms with Gasteiger partial charge in [0.1, 0.15) is 5.15 Å². The summed E-state index contributed by atoms with van der Waals surface area (Å²) in [6, 6.07) is 25.5. The minimum Gasteiger partial charge on any atom is -0.423 e. The number of pyridine rings is 2. The fraction of sp³-hybridized carbons (Fsp3) is 0.292. The fourth-order valence-electron chi connectivity index (χ4n) is 7.37. The van der Waals surface area contributed by atoms with Crippen molar-refractivity contribution < 1.29 is 10.0 Å². The lowest BCUT2D eigenvalue weighted by Crippen LogP contribution is -2.30. The number of aromatic nitrogens is 2. The van der Waals surface area contributed by atoms with Gasteiger partial charge in [-0.2, -0.15) is 0 Å². The number of benzene rings is 4. The highest BCUT2D eigenvalue weighted by Gasteiger charge is 2.18. The van der Waals surface area contributed by atoms with Gasteiger partial charge < -0.3 is 10.0 Å². The van der Waals surface area contributed by atoms with Crippen molar-refractivity contribution >= 4 is 88.6 Å². The van der Waals surface area contributed by atoms with Gasteiger partial charge in [0, 0.05) is 38.1 Å². The fourth-order valence-corrected chi connectivity index (χ4v) is 9.58. The van der Waals surface area contributed by atoms with E-state index in [1.807, 2.05) is 54.9 Å². The Balaban J connectivity index is 0.000000155. The zero-order valence-electron chi connectivity index (χ0n) is 34.2. The van der Waals surface area contributed by atoms with E-state index >= 15 is 0 Å². The summed E-state index contributed by atoms with van der Waals surface area (Å²) in [7, 11) is -1.35. The van der Waals surface area contributed by atoms with E-state index in [-0.39, 0.29) is 5.41 Å². The number of aryl methyl sites for hydroxylation is 4. The molecule has 0 bridgehead atoms. The average Bonchev–Trinajstić information content (AvgIpc) is 3.66. The van der Waals surface area contributed by atoms with E-state index in [1.54, 1.807) is 18.3 Å². The predicted octanol–water partition coefficient (Wildman–Crippen LogP) is 13.0. The Morgan fingerprint density at radius 2 is 1.02 bits per heavy atom. The Morgan fingerprint density at radius 3 is 1.50 bits per heavy atom. The molecule has 4 aromatic heterocycles. The van der Waals surface area contributed by atoms with Gasteiger partial charge in [-0.3, -0.25) is 4.98 Å². The molecule has 4 aromatic carbocycles. The van der Waals surface area contributed by atoms with Crippen molar-refractivity contribution in [2.24, 2.45) is 10.8 Å². The molecular weight excluding hydrogens is 747 g/mol. The van der Waals surface area contributed by atoms with Gasteiger partial charge in [0.05, 0.1) is 5.69 Å². The van der Waals surface area contributed by atoms with Crippen molar-refractivity contribution in [1.82, 2.24) is 9.97 Å². The molecule has 8 aromatic rings. The number of thiophene rings is 2. The lowest BCUT2D eigenvalue weighted by Gasteiger charge is -2.17. The number of hydrogen-bond donors (Lipinski definition) is 2. The van der Waals surface area contributed by atoms with Gasteiger partial charge in [0.15, 0.2) is 0 Å². The number of halogens is 1. The lowest BCUT2D eigenvalue weighted by atomic mass is 9.79. The molecule has 8 heteroatoms. The average molecular weight is 799 g/mol. The van der Waals surface area contributed by atoms with E-state index in [9.17, 15) is 0 Å². The van der Waals surface area contributed by atoms with Crippen LogP contribution in [-0.2, 0) is 12.8 Å². The number of fused-ring (bicyclic) bond motifs is 4. The van der Waals surface area contributed by atoms with Crippen LogP contribution in [0.3, 0.4) is 0 Å².